The van der Waals surface area contributed by atoms with Gasteiger partial charge in [0.1, 0.15) is 0 Å². The van der Waals surface area contributed by atoms with Crippen molar-refractivity contribution in [2.45, 2.75) is 0 Å². The molecule has 0 aliphatic rings. The molecule has 0 atom stereocenters. The summed E-state index contributed by atoms with van der Waals surface area (Å²) in [6.07, 6.45) is 0. The van der Waals surface area contributed by atoms with E-state index in [0.717, 1.165) is 0 Å². The van der Waals surface area contributed by atoms with Crippen molar-refractivity contribution in [1.82, 2.24) is 6.15 Å². The Labute approximate surface area is 63.8 Å². The Kier molecular flexibility index (Phi) is 55.9. The van der Waals surface area contributed by atoms with E-state index < -0.39 is 11.0 Å². The maximum Gasteiger partial charge on any atom is 0.0495 e. The van der Waals surface area contributed by atoms with E-state index >= 15 is 0 Å². The van der Waals surface area contributed by atoms with Gasteiger partial charge in [-0.1, -0.05) is 0 Å². The van der Waals surface area contributed by atoms with Crippen LogP contribution in [-0.4, -0.2) is 4.55 Å². The van der Waals surface area contributed by atoms with Crippen LogP contribution in [0.2, 0.25) is 0 Å². The van der Waals surface area contributed by atoms with E-state index in [4.69, 9.17) is 13.0 Å². The molecule has 0 aromatic rings. The summed E-state index contributed by atoms with van der Waals surface area (Å²) >= 11 is 0. The first-order valence-corrected chi connectivity index (χ1v) is 1.55. The third-order valence-electron chi connectivity index (χ3n) is 0. The van der Waals surface area contributed by atoms with Crippen LogP contribution in [0.15, 0.2) is 0 Å². The number of hydrogen-bond acceptors (Lipinski definition) is 4. The summed E-state index contributed by atoms with van der Waals surface area (Å²) in [6.45, 7) is 0. The Morgan fingerprint density at radius 2 is 1.14 bits per heavy atom. The first-order chi connectivity index (χ1) is 1.73. The summed E-state index contributed by atoms with van der Waals surface area (Å²) in [5.41, 5.74) is 0. The van der Waals surface area contributed by atoms with Crippen molar-refractivity contribution in [3.05, 3.63) is 0 Å². The second-order valence-electron chi connectivity index (χ2n) is 0.217. The fourth-order valence-corrected chi connectivity index (χ4v) is 0. The Bertz CT molecular complexity index is 61.3. The van der Waals surface area contributed by atoms with Gasteiger partial charge < -0.3 is 19.1 Å². The standard InChI is InChI=1S/2Co.H3N.HO3S/c;;;1-4(2)3/h;;1H3;(H,1,2,3)/q;;;-1. The van der Waals surface area contributed by atoms with Crippen LogP contribution in [0.5, 0.6) is 0 Å². The minimum atomic E-state index is -2.86. The number of hydrogen-bond donors (Lipinski definition) is 2. The maximum absolute atomic E-state index is 8.56. The molecule has 0 rings (SSSR count). The van der Waals surface area contributed by atoms with Gasteiger partial charge in [0.25, 0.3) is 0 Å². The van der Waals surface area contributed by atoms with E-state index in [1.807, 2.05) is 0 Å². The Morgan fingerprint density at radius 1 is 1.14 bits per heavy atom. The average Bonchev–Trinajstić information content (AvgIpc) is 0.811. The average molecular weight is 216 g/mol. The molecule has 0 unspecified atom stereocenters. The first-order valence-electron chi connectivity index (χ1n) is 0.516. The fourth-order valence-electron chi connectivity index (χ4n) is 0. The van der Waals surface area contributed by atoms with Crippen LogP contribution in [0.4, 0.5) is 0 Å². The van der Waals surface area contributed by atoms with Gasteiger partial charge in [0, 0.05) is 44.5 Å². The van der Waals surface area contributed by atoms with Gasteiger partial charge in [-0.2, -0.15) is 0 Å². The summed E-state index contributed by atoms with van der Waals surface area (Å²) in [7, 11) is -2.86. The van der Waals surface area contributed by atoms with Crippen LogP contribution in [0.25, 0.3) is 0 Å². The van der Waals surface area contributed by atoms with E-state index in [2.05, 4.69) is 0 Å². The third kappa shape index (κ3) is 210. The van der Waals surface area contributed by atoms with E-state index in [9.17, 15) is 0 Å². The smallest absolute Gasteiger partial charge is 0.0495 e. The molecule has 0 saturated heterocycles. The molecule has 7 heavy (non-hydrogen) atoms. The normalized spacial score (nSPS) is 4.86. The fraction of sp³-hybridized carbons (Fsp3) is 0. The van der Waals surface area contributed by atoms with Crippen molar-refractivity contribution >= 4 is 11.0 Å². The van der Waals surface area contributed by atoms with Crippen molar-refractivity contribution < 1.29 is 46.5 Å². The Hall–Kier alpha value is 0.883. The molecule has 0 fully saturated rings. The summed E-state index contributed by atoms with van der Waals surface area (Å²) in [5.74, 6) is 0. The van der Waals surface area contributed by atoms with Crippen LogP contribution in [0.1, 0.15) is 0 Å². The molecule has 0 bridgehead atoms. The molecular weight excluding hydrogens is 212 g/mol. The van der Waals surface area contributed by atoms with Gasteiger partial charge in [0.15, 0.2) is 0 Å². The van der Waals surface area contributed by atoms with Crippen LogP contribution in [-0.2, 0) is 53.0 Å². The quantitative estimate of drug-likeness (QED) is 0.336. The monoisotopic (exact) mass is 216 g/mol. The predicted molar refractivity (Wildman–Crippen MR) is 16.4 cm³/mol. The SMILES string of the molecule is N.O=[S-](=O)O.[Co].[Co]. The van der Waals surface area contributed by atoms with Gasteiger partial charge in [0.2, 0.25) is 0 Å². The molecule has 2 radical (unpaired) electrons. The van der Waals surface area contributed by atoms with Crippen molar-refractivity contribution in [2.24, 2.45) is 0 Å². The number of rotatable bonds is 0. The van der Waals surface area contributed by atoms with Crippen molar-refractivity contribution in [3.8, 4) is 0 Å². The maximum atomic E-state index is 8.56. The Morgan fingerprint density at radius 3 is 1.14 bits per heavy atom. The zero-order valence-electron chi connectivity index (χ0n) is 3.05. The second-order valence-corrected chi connectivity index (χ2v) is 0.651. The Balaban J connectivity index is -0.0000000150. The molecule has 0 saturated carbocycles. The largest absolute Gasteiger partial charge is 0.439 e. The van der Waals surface area contributed by atoms with E-state index in [1.165, 1.54) is 0 Å². The van der Waals surface area contributed by atoms with Gasteiger partial charge in [-0.15, -0.1) is 0 Å². The molecule has 52 valence electrons. The summed E-state index contributed by atoms with van der Waals surface area (Å²) in [4.78, 5) is 0. The molecular formula is H4Co2NO3S-. The summed E-state index contributed by atoms with van der Waals surface area (Å²) in [5, 5.41) is 0. The molecule has 0 heterocycles. The van der Waals surface area contributed by atoms with Gasteiger partial charge in [-0.05, 0) is 0 Å². The minimum Gasteiger partial charge on any atom is -0.439 e. The molecule has 0 amide bonds. The van der Waals surface area contributed by atoms with Crippen molar-refractivity contribution in [3.63, 3.8) is 0 Å². The topological polar surface area (TPSA) is 89.4 Å². The van der Waals surface area contributed by atoms with Crippen molar-refractivity contribution in [2.75, 3.05) is 0 Å². The van der Waals surface area contributed by atoms with Gasteiger partial charge in [-0.25, -0.2) is 0 Å². The third-order valence-corrected chi connectivity index (χ3v) is 0. The van der Waals surface area contributed by atoms with Gasteiger partial charge in [-0.3, -0.25) is 0 Å². The summed E-state index contributed by atoms with van der Waals surface area (Å²) in [6, 6.07) is 0. The molecule has 4 nitrogen and oxygen atoms in total. The van der Waals surface area contributed by atoms with Crippen LogP contribution >= 0.6 is 0 Å². The zero-order valence-corrected chi connectivity index (χ0v) is 5.94. The van der Waals surface area contributed by atoms with E-state index in [0.29, 0.717) is 0 Å². The van der Waals surface area contributed by atoms with E-state index in [1.54, 1.807) is 0 Å². The molecule has 0 aliphatic heterocycles. The van der Waals surface area contributed by atoms with Gasteiger partial charge in [0.05, 0.1) is 0 Å². The minimum absolute atomic E-state index is 0. The summed E-state index contributed by atoms with van der Waals surface area (Å²) < 4.78 is 24.1. The molecule has 0 aromatic carbocycles. The van der Waals surface area contributed by atoms with Crippen LogP contribution < -0.4 is 6.15 Å². The molecule has 0 aromatic heterocycles. The second kappa shape index (κ2) is 15.8. The first kappa shape index (κ1) is 24.8. The predicted octanol–water partition coefficient (Wildman–Crippen LogP) is -0.0743. The molecule has 7 heteroatoms. The molecule has 4 N–H and O–H groups in total. The van der Waals surface area contributed by atoms with E-state index in [-0.39, 0.29) is 39.7 Å². The molecule has 0 aliphatic carbocycles. The molecule has 0 spiro atoms. The van der Waals surface area contributed by atoms with Gasteiger partial charge >= 0.3 is 0 Å². The van der Waals surface area contributed by atoms with Crippen LogP contribution in [0.3, 0.4) is 0 Å². The zero-order chi connectivity index (χ0) is 3.58. The van der Waals surface area contributed by atoms with Crippen LogP contribution in [0, 0.1) is 0 Å². The van der Waals surface area contributed by atoms with Crippen molar-refractivity contribution in [1.29, 1.82) is 0 Å².